The van der Waals surface area contributed by atoms with E-state index in [1.54, 1.807) is 12.1 Å². The minimum absolute atomic E-state index is 0.283. The van der Waals surface area contributed by atoms with E-state index in [4.69, 9.17) is 0 Å². The SMILES string of the molecule is C=COC(=O)c1cc(CC)cc(C(=O)OC=C)c1. The molecule has 0 atom stereocenters. The summed E-state index contributed by atoms with van der Waals surface area (Å²) in [5.74, 6) is -1.12. The van der Waals surface area contributed by atoms with Gasteiger partial charge in [0.05, 0.1) is 23.7 Å². The molecule has 0 aliphatic carbocycles. The van der Waals surface area contributed by atoms with Gasteiger partial charge in [-0.2, -0.15) is 0 Å². The molecule has 0 heterocycles. The molecule has 4 heteroatoms. The van der Waals surface area contributed by atoms with Gasteiger partial charge in [0.15, 0.2) is 0 Å². The van der Waals surface area contributed by atoms with Crippen LogP contribution in [0.2, 0.25) is 0 Å². The van der Waals surface area contributed by atoms with Crippen molar-refractivity contribution < 1.29 is 19.1 Å². The zero-order chi connectivity index (χ0) is 13.5. The molecule has 0 N–H and O–H groups in total. The van der Waals surface area contributed by atoms with Gasteiger partial charge in [0.2, 0.25) is 0 Å². The molecule has 0 aliphatic heterocycles. The maximum absolute atomic E-state index is 11.6. The first-order valence-corrected chi connectivity index (χ1v) is 5.40. The third kappa shape index (κ3) is 3.31. The molecule has 1 aromatic rings. The Labute approximate surface area is 106 Å². The van der Waals surface area contributed by atoms with E-state index in [0.717, 1.165) is 18.1 Å². The summed E-state index contributed by atoms with van der Waals surface area (Å²) >= 11 is 0. The zero-order valence-corrected chi connectivity index (χ0v) is 10.1. The third-order valence-corrected chi connectivity index (χ3v) is 2.25. The van der Waals surface area contributed by atoms with Crippen LogP contribution in [0.1, 0.15) is 33.2 Å². The van der Waals surface area contributed by atoms with Crippen molar-refractivity contribution >= 4 is 11.9 Å². The summed E-state index contributed by atoms with van der Waals surface area (Å²) in [6.45, 7) is 8.53. The van der Waals surface area contributed by atoms with Gasteiger partial charge >= 0.3 is 11.9 Å². The number of benzene rings is 1. The van der Waals surface area contributed by atoms with E-state index in [-0.39, 0.29) is 11.1 Å². The van der Waals surface area contributed by atoms with Crippen LogP contribution < -0.4 is 0 Å². The number of hydrogen-bond donors (Lipinski definition) is 0. The Morgan fingerprint density at radius 2 is 1.50 bits per heavy atom. The topological polar surface area (TPSA) is 52.6 Å². The van der Waals surface area contributed by atoms with E-state index in [1.165, 1.54) is 6.07 Å². The lowest BCUT2D eigenvalue weighted by molar-refractivity contribution is 0.0663. The lowest BCUT2D eigenvalue weighted by Gasteiger charge is -2.06. The number of hydrogen-bond acceptors (Lipinski definition) is 4. The van der Waals surface area contributed by atoms with Gasteiger partial charge in [0.1, 0.15) is 0 Å². The van der Waals surface area contributed by atoms with Gasteiger partial charge in [-0.1, -0.05) is 20.1 Å². The van der Waals surface area contributed by atoms with Crippen molar-refractivity contribution in [2.24, 2.45) is 0 Å². The van der Waals surface area contributed by atoms with Gasteiger partial charge in [0, 0.05) is 0 Å². The first kappa shape index (κ1) is 13.7. The molecule has 0 radical (unpaired) electrons. The first-order valence-electron chi connectivity index (χ1n) is 5.40. The predicted molar refractivity (Wildman–Crippen MR) is 67.0 cm³/mol. The Hall–Kier alpha value is -2.36. The van der Waals surface area contributed by atoms with Gasteiger partial charge in [-0.15, -0.1) is 0 Å². The minimum atomic E-state index is -0.562. The lowest BCUT2D eigenvalue weighted by Crippen LogP contribution is -2.07. The quantitative estimate of drug-likeness (QED) is 0.592. The van der Waals surface area contributed by atoms with Gasteiger partial charge in [-0.3, -0.25) is 0 Å². The van der Waals surface area contributed by atoms with Crippen molar-refractivity contribution in [2.45, 2.75) is 13.3 Å². The standard InChI is InChI=1S/C14H14O4/c1-4-10-7-11(13(15)17-5-2)9-12(8-10)14(16)18-6-3/h5-9H,2-4H2,1H3. The summed E-state index contributed by atoms with van der Waals surface area (Å²) in [5, 5.41) is 0. The van der Waals surface area contributed by atoms with Crippen molar-refractivity contribution in [3.8, 4) is 0 Å². The van der Waals surface area contributed by atoms with Crippen molar-refractivity contribution in [2.75, 3.05) is 0 Å². The molecule has 18 heavy (non-hydrogen) atoms. The Kier molecular flexibility index (Phi) is 4.87. The summed E-state index contributed by atoms with van der Waals surface area (Å²) in [4.78, 5) is 23.2. The number of rotatable bonds is 5. The number of carbonyl (C=O) groups excluding carboxylic acids is 2. The van der Waals surface area contributed by atoms with Crippen LogP contribution in [-0.4, -0.2) is 11.9 Å². The minimum Gasteiger partial charge on any atom is -0.432 e. The van der Waals surface area contributed by atoms with Crippen LogP contribution in [0.3, 0.4) is 0 Å². The molecule has 0 fully saturated rings. The fraction of sp³-hybridized carbons (Fsp3) is 0.143. The van der Waals surface area contributed by atoms with Crippen LogP contribution in [0.5, 0.6) is 0 Å². The van der Waals surface area contributed by atoms with Crippen LogP contribution >= 0.6 is 0 Å². The highest BCUT2D eigenvalue weighted by atomic mass is 16.5. The van der Waals surface area contributed by atoms with Crippen molar-refractivity contribution in [1.29, 1.82) is 0 Å². The molecule has 1 rings (SSSR count). The Balaban J connectivity index is 3.16. The summed E-state index contributed by atoms with van der Waals surface area (Å²) < 4.78 is 9.35. The van der Waals surface area contributed by atoms with E-state index < -0.39 is 11.9 Å². The normalized spacial score (nSPS) is 9.39. The van der Waals surface area contributed by atoms with Crippen LogP contribution in [0.25, 0.3) is 0 Å². The number of carbonyl (C=O) groups is 2. The second kappa shape index (κ2) is 6.39. The molecule has 94 valence electrons. The molecule has 0 spiro atoms. The Morgan fingerprint density at radius 3 is 1.83 bits per heavy atom. The molecule has 1 aromatic carbocycles. The number of ether oxygens (including phenoxy) is 2. The molecular weight excluding hydrogens is 232 g/mol. The van der Waals surface area contributed by atoms with Gasteiger partial charge in [0.25, 0.3) is 0 Å². The van der Waals surface area contributed by atoms with Gasteiger partial charge < -0.3 is 9.47 Å². The maximum Gasteiger partial charge on any atom is 0.342 e. The summed E-state index contributed by atoms with van der Waals surface area (Å²) in [7, 11) is 0. The summed E-state index contributed by atoms with van der Waals surface area (Å²) in [6.07, 6.45) is 2.77. The number of aryl methyl sites for hydroxylation is 1. The van der Waals surface area contributed by atoms with E-state index >= 15 is 0 Å². The van der Waals surface area contributed by atoms with Crippen molar-refractivity contribution in [1.82, 2.24) is 0 Å². The molecule has 0 aromatic heterocycles. The van der Waals surface area contributed by atoms with E-state index in [1.807, 2.05) is 6.92 Å². The third-order valence-electron chi connectivity index (χ3n) is 2.25. The van der Waals surface area contributed by atoms with Gasteiger partial charge in [-0.05, 0) is 30.2 Å². The molecular formula is C14H14O4. The monoisotopic (exact) mass is 246 g/mol. The molecule has 0 unspecified atom stereocenters. The van der Waals surface area contributed by atoms with E-state index in [9.17, 15) is 9.59 Å². The molecule has 0 saturated carbocycles. The first-order chi connectivity index (χ1) is 8.62. The second-order valence-electron chi connectivity index (χ2n) is 3.42. The highest BCUT2D eigenvalue weighted by Gasteiger charge is 2.13. The van der Waals surface area contributed by atoms with Crippen LogP contribution in [0, 0.1) is 0 Å². The average Bonchev–Trinajstić information content (AvgIpc) is 2.38. The highest BCUT2D eigenvalue weighted by molar-refractivity contribution is 5.96. The van der Waals surface area contributed by atoms with Crippen molar-refractivity contribution in [3.05, 3.63) is 60.6 Å². The molecule has 0 amide bonds. The number of esters is 2. The van der Waals surface area contributed by atoms with Crippen LogP contribution in [-0.2, 0) is 15.9 Å². The van der Waals surface area contributed by atoms with E-state index in [2.05, 4.69) is 22.6 Å². The van der Waals surface area contributed by atoms with Crippen molar-refractivity contribution in [3.63, 3.8) is 0 Å². The average molecular weight is 246 g/mol. The maximum atomic E-state index is 11.6. The fourth-order valence-electron chi connectivity index (χ4n) is 1.42. The second-order valence-corrected chi connectivity index (χ2v) is 3.42. The Morgan fingerprint density at radius 1 is 1.06 bits per heavy atom. The Bertz CT molecular complexity index is 448. The predicted octanol–water partition coefficient (Wildman–Crippen LogP) is 2.85. The van der Waals surface area contributed by atoms with E-state index in [0.29, 0.717) is 6.42 Å². The lowest BCUT2D eigenvalue weighted by atomic mass is 10.0. The summed E-state index contributed by atoms with van der Waals surface area (Å²) in [6, 6.07) is 4.74. The molecule has 0 saturated heterocycles. The highest BCUT2D eigenvalue weighted by Crippen LogP contribution is 2.14. The summed E-state index contributed by atoms with van der Waals surface area (Å²) in [5.41, 5.74) is 1.40. The molecule has 0 bridgehead atoms. The van der Waals surface area contributed by atoms with Crippen LogP contribution in [0.15, 0.2) is 43.9 Å². The fourth-order valence-corrected chi connectivity index (χ4v) is 1.42. The smallest absolute Gasteiger partial charge is 0.342 e. The van der Waals surface area contributed by atoms with Crippen LogP contribution in [0.4, 0.5) is 0 Å². The molecule has 4 nitrogen and oxygen atoms in total. The van der Waals surface area contributed by atoms with Gasteiger partial charge in [-0.25, -0.2) is 9.59 Å². The largest absolute Gasteiger partial charge is 0.432 e. The molecule has 0 aliphatic rings. The zero-order valence-electron chi connectivity index (χ0n) is 10.1.